The van der Waals surface area contributed by atoms with Crippen LogP contribution in [0.3, 0.4) is 0 Å². The zero-order chi connectivity index (χ0) is 15.9. The third kappa shape index (κ3) is 9.66. The number of hydrogen-bond donors (Lipinski definition) is 2. The molecule has 1 rings (SSSR count). The number of rotatable bonds is 5. The zero-order valence-electron chi connectivity index (χ0n) is 12.3. The third-order valence-corrected chi connectivity index (χ3v) is 4.69. The van der Waals surface area contributed by atoms with Crippen LogP contribution in [0.1, 0.15) is 6.42 Å². The summed E-state index contributed by atoms with van der Waals surface area (Å²) in [5.41, 5.74) is 0. The van der Waals surface area contributed by atoms with Gasteiger partial charge in [-0.2, -0.15) is 13.2 Å². The molecule has 0 unspecified atom stereocenters. The van der Waals surface area contributed by atoms with E-state index in [0.717, 1.165) is 0 Å². The van der Waals surface area contributed by atoms with Crippen LogP contribution in [0.5, 0.6) is 0 Å². The van der Waals surface area contributed by atoms with E-state index in [9.17, 15) is 21.6 Å². The average Bonchev–Trinajstić information content (AvgIpc) is 2.37. The zero-order valence-corrected chi connectivity index (χ0v) is 15.5. The minimum absolute atomic E-state index is 0. The summed E-state index contributed by atoms with van der Waals surface area (Å²) in [4.78, 5) is 5.82. The summed E-state index contributed by atoms with van der Waals surface area (Å²) in [5, 5.41) is 5.49. The van der Waals surface area contributed by atoms with Crippen LogP contribution < -0.4 is 10.6 Å². The Labute approximate surface area is 145 Å². The lowest BCUT2D eigenvalue weighted by atomic mass is 10.4. The highest BCUT2D eigenvalue weighted by atomic mass is 127. The van der Waals surface area contributed by atoms with Gasteiger partial charge in [-0.3, -0.25) is 9.89 Å². The molecule has 1 heterocycles. The van der Waals surface area contributed by atoms with Crippen molar-refractivity contribution in [2.75, 3.05) is 51.3 Å². The SMILES string of the molecule is CN=C(NCCN1CCS(=O)(=O)CC1)NCCC(F)(F)F.I. The van der Waals surface area contributed by atoms with Crippen molar-refractivity contribution in [2.45, 2.75) is 12.6 Å². The van der Waals surface area contributed by atoms with Crippen LogP contribution in [0, 0.1) is 0 Å². The van der Waals surface area contributed by atoms with Gasteiger partial charge in [0, 0.05) is 39.8 Å². The summed E-state index contributed by atoms with van der Waals surface area (Å²) in [6.45, 7) is 1.86. The maximum atomic E-state index is 12.0. The number of halogens is 4. The van der Waals surface area contributed by atoms with Crippen molar-refractivity contribution >= 4 is 39.8 Å². The van der Waals surface area contributed by atoms with Crippen LogP contribution in [-0.2, 0) is 9.84 Å². The minimum atomic E-state index is -4.19. The second kappa shape index (κ2) is 9.75. The number of hydrogen-bond acceptors (Lipinski definition) is 4. The Hall–Kier alpha value is -0.300. The molecule has 132 valence electrons. The van der Waals surface area contributed by atoms with Crippen LogP contribution in [0.2, 0.25) is 0 Å². The summed E-state index contributed by atoms with van der Waals surface area (Å²) in [6.07, 6.45) is -5.11. The van der Waals surface area contributed by atoms with Crippen molar-refractivity contribution in [2.24, 2.45) is 4.99 Å². The highest BCUT2D eigenvalue weighted by Crippen LogP contribution is 2.17. The van der Waals surface area contributed by atoms with Crippen LogP contribution in [0.4, 0.5) is 13.2 Å². The number of sulfone groups is 1. The van der Waals surface area contributed by atoms with Gasteiger partial charge in [-0.15, -0.1) is 24.0 Å². The number of nitrogens with zero attached hydrogens (tertiary/aromatic N) is 2. The second-order valence-corrected chi connectivity index (χ2v) is 7.09. The highest BCUT2D eigenvalue weighted by molar-refractivity contribution is 14.0. The average molecular weight is 458 g/mol. The molecule has 2 N–H and O–H groups in total. The largest absolute Gasteiger partial charge is 0.390 e. The van der Waals surface area contributed by atoms with Crippen molar-refractivity contribution < 1.29 is 21.6 Å². The molecule has 0 spiro atoms. The first kappa shape index (κ1) is 21.7. The molecule has 0 radical (unpaired) electrons. The lowest BCUT2D eigenvalue weighted by molar-refractivity contribution is -0.132. The summed E-state index contributed by atoms with van der Waals surface area (Å²) < 4.78 is 58.6. The van der Waals surface area contributed by atoms with E-state index in [2.05, 4.69) is 15.6 Å². The fourth-order valence-corrected chi connectivity index (χ4v) is 3.13. The quantitative estimate of drug-likeness (QED) is 0.356. The fourth-order valence-electron chi connectivity index (χ4n) is 1.85. The molecule has 11 heteroatoms. The first-order chi connectivity index (χ1) is 9.72. The lowest BCUT2D eigenvalue weighted by Gasteiger charge is -2.26. The molecule has 22 heavy (non-hydrogen) atoms. The first-order valence-electron chi connectivity index (χ1n) is 6.66. The van der Waals surface area contributed by atoms with Gasteiger partial charge in [-0.25, -0.2) is 8.42 Å². The molecule has 1 aliphatic heterocycles. The predicted molar refractivity (Wildman–Crippen MR) is 90.5 cm³/mol. The Morgan fingerprint density at radius 3 is 2.23 bits per heavy atom. The Morgan fingerprint density at radius 2 is 1.73 bits per heavy atom. The van der Waals surface area contributed by atoms with Gasteiger partial charge in [0.15, 0.2) is 15.8 Å². The van der Waals surface area contributed by atoms with E-state index >= 15 is 0 Å². The first-order valence-corrected chi connectivity index (χ1v) is 8.48. The van der Waals surface area contributed by atoms with Crippen LogP contribution in [-0.4, -0.2) is 76.7 Å². The molecule has 0 amide bonds. The number of guanidine groups is 1. The third-order valence-electron chi connectivity index (χ3n) is 3.08. The highest BCUT2D eigenvalue weighted by Gasteiger charge is 2.26. The van der Waals surface area contributed by atoms with Crippen molar-refractivity contribution in [3.8, 4) is 0 Å². The van der Waals surface area contributed by atoms with Crippen LogP contribution in [0.15, 0.2) is 4.99 Å². The van der Waals surface area contributed by atoms with Gasteiger partial charge in [-0.05, 0) is 0 Å². The normalized spacial score (nSPS) is 19.4. The summed E-state index contributed by atoms with van der Waals surface area (Å²) in [5.74, 6) is 0.626. The molecule has 0 atom stereocenters. The summed E-state index contributed by atoms with van der Waals surface area (Å²) in [6, 6.07) is 0. The minimum Gasteiger partial charge on any atom is -0.356 e. The van der Waals surface area contributed by atoms with Crippen LogP contribution >= 0.6 is 24.0 Å². The van der Waals surface area contributed by atoms with Gasteiger partial charge >= 0.3 is 6.18 Å². The Balaban J connectivity index is 0.00000441. The molecule has 0 aromatic heterocycles. The van der Waals surface area contributed by atoms with Crippen molar-refractivity contribution in [1.82, 2.24) is 15.5 Å². The van der Waals surface area contributed by atoms with E-state index in [1.54, 1.807) is 0 Å². The van der Waals surface area contributed by atoms with Gasteiger partial charge in [0.05, 0.1) is 17.9 Å². The molecule has 1 aliphatic rings. The van der Waals surface area contributed by atoms with Gasteiger partial charge in [0.2, 0.25) is 0 Å². The molecule has 0 aliphatic carbocycles. The maximum Gasteiger partial charge on any atom is 0.390 e. The Kier molecular flexibility index (Phi) is 9.62. The number of alkyl halides is 3. The van der Waals surface area contributed by atoms with Gasteiger partial charge in [0.1, 0.15) is 0 Å². The topological polar surface area (TPSA) is 73.8 Å². The van der Waals surface area contributed by atoms with Crippen molar-refractivity contribution in [1.29, 1.82) is 0 Å². The van der Waals surface area contributed by atoms with Crippen molar-refractivity contribution in [3.63, 3.8) is 0 Å². The number of nitrogens with one attached hydrogen (secondary N) is 2. The monoisotopic (exact) mass is 458 g/mol. The maximum absolute atomic E-state index is 12.0. The Morgan fingerprint density at radius 1 is 1.18 bits per heavy atom. The molecule has 0 aromatic carbocycles. The fraction of sp³-hybridized carbons (Fsp3) is 0.909. The van der Waals surface area contributed by atoms with E-state index in [-0.39, 0.29) is 42.0 Å². The number of aliphatic imine (C=N–C) groups is 1. The predicted octanol–water partition coefficient (Wildman–Crippen LogP) is 0.452. The smallest absolute Gasteiger partial charge is 0.356 e. The standard InChI is InChI=1S/C11H21F3N4O2S.HI/c1-15-10(16-3-2-11(12,13)14)17-4-5-18-6-8-21(19,20)9-7-18;/h2-9H2,1H3,(H2,15,16,17);1H. The van der Waals surface area contributed by atoms with Crippen LogP contribution in [0.25, 0.3) is 0 Å². The second-order valence-electron chi connectivity index (χ2n) is 4.78. The van der Waals surface area contributed by atoms with E-state index in [0.29, 0.717) is 32.1 Å². The van der Waals surface area contributed by atoms with E-state index < -0.39 is 22.4 Å². The van der Waals surface area contributed by atoms with E-state index in [1.807, 2.05) is 4.90 Å². The lowest BCUT2D eigenvalue weighted by Crippen LogP contribution is -2.46. The summed E-state index contributed by atoms with van der Waals surface area (Å²) in [7, 11) is -1.41. The van der Waals surface area contributed by atoms with Gasteiger partial charge in [0.25, 0.3) is 0 Å². The molecule has 0 saturated carbocycles. The molecular weight excluding hydrogens is 436 g/mol. The van der Waals surface area contributed by atoms with E-state index in [4.69, 9.17) is 0 Å². The molecule has 6 nitrogen and oxygen atoms in total. The van der Waals surface area contributed by atoms with Gasteiger partial charge in [-0.1, -0.05) is 0 Å². The van der Waals surface area contributed by atoms with Gasteiger partial charge < -0.3 is 10.6 Å². The molecule has 1 fully saturated rings. The molecule has 0 aromatic rings. The summed E-state index contributed by atoms with van der Waals surface area (Å²) >= 11 is 0. The molecule has 1 saturated heterocycles. The van der Waals surface area contributed by atoms with Crippen molar-refractivity contribution in [3.05, 3.63) is 0 Å². The molecule has 0 bridgehead atoms. The Bertz CT molecular complexity index is 443. The van der Waals surface area contributed by atoms with E-state index in [1.165, 1.54) is 7.05 Å². The molecular formula is C11H22F3IN4O2S.